The average molecular weight is 205 g/mol. The molecule has 0 aromatic heterocycles. The fourth-order valence-corrected chi connectivity index (χ4v) is 0.712. The zero-order valence-corrected chi connectivity index (χ0v) is 8.78. The van der Waals surface area contributed by atoms with E-state index in [1.165, 1.54) is 0 Å². The van der Waals surface area contributed by atoms with Gasteiger partial charge in [0.25, 0.3) is 5.17 Å². The summed E-state index contributed by atoms with van der Waals surface area (Å²) in [5, 5.41) is 2.37. The van der Waals surface area contributed by atoms with Gasteiger partial charge in [0.15, 0.2) is 0 Å². The van der Waals surface area contributed by atoms with Gasteiger partial charge in [-0.3, -0.25) is 5.32 Å². The lowest BCUT2D eigenvalue weighted by Gasteiger charge is -2.07. The summed E-state index contributed by atoms with van der Waals surface area (Å²) in [5.41, 5.74) is 0. The molecule has 76 valence electrons. The van der Waals surface area contributed by atoms with E-state index in [2.05, 4.69) is 5.32 Å². The van der Waals surface area contributed by atoms with Gasteiger partial charge >= 0.3 is 6.09 Å². The van der Waals surface area contributed by atoms with Crippen molar-refractivity contribution in [2.75, 3.05) is 13.2 Å². The monoisotopic (exact) mass is 205 g/mol. The first-order valence-corrected chi connectivity index (χ1v) is 4.72. The quantitative estimate of drug-likeness (QED) is 0.711. The second-order valence-electron chi connectivity index (χ2n) is 2.40. The molecule has 0 aliphatic carbocycles. The third-order valence-electron chi connectivity index (χ3n) is 1.08. The summed E-state index contributed by atoms with van der Waals surface area (Å²) in [6.07, 6.45) is 1.09. The second kappa shape index (κ2) is 7.79. The number of nitrogens with one attached hydrogen (secondary N) is 1. The van der Waals surface area contributed by atoms with Crippen LogP contribution < -0.4 is 5.32 Å². The molecule has 4 nitrogen and oxygen atoms in total. The molecule has 0 fully saturated rings. The summed E-state index contributed by atoms with van der Waals surface area (Å²) in [6, 6.07) is 0. The van der Waals surface area contributed by atoms with Crippen LogP contribution in [0.1, 0.15) is 26.7 Å². The van der Waals surface area contributed by atoms with Crippen LogP contribution in [0.4, 0.5) is 4.79 Å². The first-order chi connectivity index (χ1) is 6.20. The predicted octanol–water partition coefficient (Wildman–Crippen LogP) is 1.83. The molecule has 0 aromatic carbocycles. The van der Waals surface area contributed by atoms with Crippen molar-refractivity contribution in [1.82, 2.24) is 5.32 Å². The van der Waals surface area contributed by atoms with Gasteiger partial charge in [-0.05, 0) is 25.1 Å². The van der Waals surface area contributed by atoms with Gasteiger partial charge in [0, 0.05) is 0 Å². The maximum absolute atomic E-state index is 10.9. The molecule has 0 atom stereocenters. The number of alkyl carbamates (subject to hydrolysis) is 1. The SMILES string of the molecule is CCCOC(=O)NC(=S)OCCC. The minimum Gasteiger partial charge on any atom is -0.471 e. The number of rotatable bonds is 4. The number of amides is 1. The van der Waals surface area contributed by atoms with Gasteiger partial charge in [0.2, 0.25) is 0 Å². The first-order valence-electron chi connectivity index (χ1n) is 4.31. The number of thiocarbonyl (C=S) groups is 1. The number of hydrogen-bond acceptors (Lipinski definition) is 4. The van der Waals surface area contributed by atoms with Gasteiger partial charge in [0.1, 0.15) is 0 Å². The number of hydrogen-bond donors (Lipinski definition) is 1. The highest BCUT2D eigenvalue weighted by Crippen LogP contribution is 1.86. The Morgan fingerprint density at radius 1 is 1.23 bits per heavy atom. The highest BCUT2D eigenvalue weighted by atomic mass is 32.1. The smallest absolute Gasteiger partial charge is 0.414 e. The van der Waals surface area contributed by atoms with E-state index in [4.69, 9.17) is 21.7 Å². The molecule has 0 saturated carbocycles. The van der Waals surface area contributed by atoms with Crippen molar-refractivity contribution < 1.29 is 14.3 Å². The van der Waals surface area contributed by atoms with E-state index in [0.29, 0.717) is 13.2 Å². The molecule has 0 rings (SSSR count). The molecule has 0 heterocycles. The van der Waals surface area contributed by atoms with E-state index >= 15 is 0 Å². The lowest BCUT2D eigenvalue weighted by Crippen LogP contribution is -2.31. The average Bonchev–Trinajstić information content (AvgIpc) is 2.11. The van der Waals surface area contributed by atoms with E-state index in [0.717, 1.165) is 12.8 Å². The van der Waals surface area contributed by atoms with Crippen molar-refractivity contribution in [1.29, 1.82) is 0 Å². The number of carbonyl (C=O) groups is 1. The highest BCUT2D eigenvalue weighted by Gasteiger charge is 2.04. The molecule has 13 heavy (non-hydrogen) atoms. The largest absolute Gasteiger partial charge is 0.471 e. The minimum absolute atomic E-state index is 0.0722. The molecule has 1 amide bonds. The van der Waals surface area contributed by atoms with Gasteiger partial charge in [0.05, 0.1) is 13.2 Å². The lowest BCUT2D eigenvalue weighted by molar-refractivity contribution is 0.149. The Hall–Kier alpha value is -0.840. The fourth-order valence-electron chi connectivity index (χ4n) is 0.545. The van der Waals surface area contributed by atoms with E-state index in [1.54, 1.807) is 0 Å². The summed E-state index contributed by atoms with van der Waals surface area (Å²) in [5.74, 6) is 0. The Bertz CT molecular complexity index is 155. The van der Waals surface area contributed by atoms with Crippen molar-refractivity contribution in [2.45, 2.75) is 26.7 Å². The maximum Gasteiger partial charge on any atom is 0.414 e. The van der Waals surface area contributed by atoms with Crippen LogP contribution >= 0.6 is 12.2 Å². The highest BCUT2D eigenvalue weighted by molar-refractivity contribution is 7.80. The standard InChI is InChI=1S/C8H15NO3S/c1-3-5-11-7(10)9-8(13)12-6-4-2/h3-6H2,1-2H3,(H,9,10,13). The van der Waals surface area contributed by atoms with Gasteiger partial charge in [-0.1, -0.05) is 13.8 Å². The van der Waals surface area contributed by atoms with Crippen LogP contribution in [0.3, 0.4) is 0 Å². The van der Waals surface area contributed by atoms with Gasteiger partial charge in [-0.15, -0.1) is 0 Å². The van der Waals surface area contributed by atoms with E-state index in [-0.39, 0.29) is 5.17 Å². The minimum atomic E-state index is -0.553. The molecular weight excluding hydrogens is 190 g/mol. The Balaban J connectivity index is 3.47. The molecule has 0 saturated heterocycles. The Labute approximate surface area is 83.6 Å². The molecule has 0 unspecified atom stereocenters. The Morgan fingerprint density at radius 3 is 2.31 bits per heavy atom. The molecule has 0 aliphatic heterocycles. The normalized spacial score (nSPS) is 9.08. The summed E-state index contributed by atoms with van der Waals surface area (Å²) >= 11 is 4.71. The fraction of sp³-hybridized carbons (Fsp3) is 0.750. The van der Waals surface area contributed by atoms with Crippen LogP contribution in [-0.2, 0) is 9.47 Å². The van der Waals surface area contributed by atoms with E-state index in [1.807, 2.05) is 13.8 Å². The van der Waals surface area contributed by atoms with Crippen molar-refractivity contribution in [3.8, 4) is 0 Å². The lowest BCUT2D eigenvalue weighted by atomic mass is 10.5. The summed E-state index contributed by atoms with van der Waals surface area (Å²) in [6.45, 7) is 4.77. The van der Waals surface area contributed by atoms with Gasteiger partial charge in [-0.25, -0.2) is 4.79 Å². The molecule has 5 heteroatoms. The summed E-state index contributed by atoms with van der Waals surface area (Å²) < 4.78 is 9.69. The molecule has 0 aliphatic rings. The van der Waals surface area contributed by atoms with Crippen molar-refractivity contribution >= 4 is 23.5 Å². The predicted molar refractivity (Wildman–Crippen MR) is 53.6 cm³/mol. The van der Waals surface area contributed by atoms with Crippen LogP contribution in [0.25, 0.3) is 0 Å². The third-order valence-corrected chi connectivity index (χ3v) is 1.30. The van der Waals surface area contributed by atoms with Crippen molar-refractivity contribution in [2.24, 2.45) is 0 Å². The van der Waals surface area contributed by atoms with Crippen LogP contribution in [0.2, 0.25) is 0 Å². The van der Waals surface area contributed by atoms with E-state index < -0.39 is 6.09 Å². The van der Waals surface area contributed by atoms with Crippen LogP contribution in [0.15, 0.2) is 0 Å². The number of ether oxygens (including phenoxy) is 2. The Morgan fingerprint density at radius 2 is 1.77 bits per heavy atom. The van der Waals surface area contributed by atoms with Crippen molar-refractivity contribution in [3.63, 3.8) is 0 Å². The molecule has 1 N–H and O–H groups in total. The second-order valence-corrected chi connectivity index (χ2v) is 2.77. The Kier molecular flexibility index (Phi) is 7.29. The zero-order valence-electron chi connectivity index (χ0n) is 7.96. The molecule has 0 aromatic rings. The third kappa shape index (κ3) is 7.52. The zero-order chi connectivity index (χ0) is 10.1. The molecule has 0 spiro atoms. The molecular formula is C8H15NO3S. The maximum atomic E-state index is 10.9. The molecule has 0 radical (unpaired) electrons. The van der Waals surface area contributed by atoms with Crippen LogP contribution in [0.5, 0.6) is 0 Å². The summed E-state index contributed by atoms with van der Waals surface area (Å²) in [4.78, 5) is 10.9. The molecule has 0 bridgehead atoms. The number of carbonyl (C=O) groups excluding carboxylic acids is 1. The van der Waals surface area contributed by atoms with Crippen molar-refractivity contribution in [3.05, 3.63) is 0 Å². The van der Waals surface area contributed by atoms with Crippen LogP contribution in [-0.4, -0.2) is 24.5 Å². The topological polar surface area (TPSA) is 47.6 Å². The first kappa shape index (κ1) is 12.2. The van der Waals surface area contributed by atoms with Gasteiger partial charge < -0.3 is 9.47 Å². The van der Waals surface area contributed by atoms with Gasteiger partial charge in [-0.2, -0.15) is 0 Å². The van der Waals surface area contributed by atoms with Crippen LogP contribution in [0, 0.1) is 0 Å². The summed E-state index contributed by atoms with van der Waals surface area (Å²) in [7, 11) is 0. The van der Waals surface area contributed by atoms with E-state index in [9.17, 15) is 4.79 Å².